The first kappa shape index (κ1) is 17.1. The van der Waals surface area contributed by atoms with E-state index in [1.165, 1.54) is 25.1 Å². The van der Waals surface area contributed by atoms with Gasteiger partial charge in [0.05, 0.1) is 16.2 Å². The first-order valence-corrected chi connectivity index (χ1v) is 7.49. The summed E-state index contributed by atoms with van der Waals surface area (Å²) in [5, 5.41) is 21.9. The quantitative estimate of drug-likeness (QED) is 0.505. The van der Waals surface area contributed by atoms with E-state index in [2.05, 4.69) is 5.32 Å². The average molecular weight is 345 g/mol. The molecule has 2 aromatic rings. The van der Waals surface area contributed by atoms with E-state index >= 15 is 0 Å². The second kappa shape index (κ2) is 7.34. The van der Waals surface area contributed by atoms with Crippen LogP contribution in [0.25, 0.3) is 0 Å². The number of benzene rings is 1. The highest BCUT2D eigenvalue weighted by molar-refractivity contribution is 7.17. The van der Waals surface area contributed by atoms with E-state index in [1.807, 2.05) is 6.07 Å². The Bertz CT molecular complexity index is 840. The Labute approximate surface area is 140 Å². The van der Waals surface area contributed by atoms with Crippen LogP contribution < -0.4 is 5.32 Å². The van der Waals surface area contributed by atoms with Crippen molar-refractivity contribution in [1.82, 2.24) is 0 Å². The van der Waals surface area contributed by atoms with Gasteiger partial charge in [-0.05, 0) is 25.1 Å². The predicted octanol–water partition coefficient (Wildman–Crippen LogP) is 2.71. The maximum absolute atomic E-state index is 12.1. The zero-order valence-corrected chi connectivity index (χ0v) is 13.2. The lowest BCUT2D eigenvalue weighted by molar-refractivity contribution is -0.380. The Kier molecular flexibility index (Phi) is 5.23. The summed E-state index contributed by atoms with van der Waals surface area (Å²) in [6.45, 7) is 1.37. The topological polar surface area (TPSA) is 122 Å². The Morgan fingerprint density at radius 2 is 2.04 bits per heavy atom. The smallest absolute Gasteiger partial charge is 0.349 e. The van der Waals surface area contributed by atoms with Gasteiger partial charge in [-0.1, -0.05) is 23.5 Å². The van der Waals surface area contributed by atoms with Crippen molar-refractivity contribution in [3.05, 3.63) is 57.0 Å². The van der Waals surface area contributed by atoms with E-state index in [4.69, 9.17) is 10.00 Å². The number of thiophene rings is 1. The number of nitro groups is 1. The number of anilines is 1. The summed E-state index contributed by atoms with van der Waals surface area (Å²) in [5.74, 6) is -1.44. The molecule has 0 fully saturated rings. The van der Waals surface area contributed by atoms with Gasteiger partial charge < -0.3 is 10.1 Å². The minimum atomic E-state index is -1.13. The lowest BCUT2D eigenvalue weighted by Crippen LogP contribution is -2.30. The standard InChI is InChI=1S/C15H11N3O5S/c1-9(14(19)17-11-5-3-2-4-10(11)8-16)23-15(20)12-6-7-13(24-12)18(21)22/h2-7,9H,1H3,(H,17,19)/t9-/m0/s1. The molecule has 1 N–H and O–H groups in total. The third kappa shape index (κ3) is 3.93. The molecular weight excluding hydrogens is 334 g/mol. The van der Waals surface area contributed by atoms with Crippen molar-refractivity contribution in [2.45, 2.75) is 13.0 Å². The molecule has 8 nitrogen and oxygen atoms in total. The van der Waals surface area contributed by atoms with Crippen molar-refractivity contribution in [1.29, 1.82) is 5.26 Å². The minimum absolute atomic E-state index is 0.0266. The lowest BCUT2D eigenvalue weighted by atomic mass is 10.2. The van der Waals surface area contributed by atoms with Gasteiger partial charge in [0.1, 0.15) is 10.9 Å². The van der Waals surface area contributed by atoms with Crippen LogP contribution in [-0.4, -0.2) is 22.9 Å². The summed E-state index contributed by atoms with van der Waals surface area (Å²) in [6, 6.07) is 10.8. The number of nitriles is 1. The molecule has 0 bridgehead atoms. The molecule has 0 aliphatic heterocycles. The highest BCUT2D eigenvalue weighted by Gasteiger charge is 2.22. The predicted molar refractivity (Wildman–Crippen MR) is 85.6 cm³/mol. The summed E-state index contributed by atoms with van der Waals surface area (Å²) in [4.78, 5) is 34.0. The van der Waals surface area contributed by atoms with Gasteiger partial charge in [-0.25, -0.2) is 4.79 Å². The number of nitrogens with one attached hydrogen (secondary N) is 1. The van der Waals surface area contributed by atoms with Gasteiger partial charge in [-0.3, -0.25) is 14.9 Å². The van der Waals surface area contributed by atoms with Gasteiger partial charge in [-0.15, -0.1) is 0 Å². The SMILES string of the molecule is C[C@H](OC(=O)c1ccc([N+](=O)[O-])s1)C(=O)Nc1ccccc1C#N. The maximum Gasteiger partial charge on any atom is 0.349 e. The fraction of sp³-hybridized carbons (Fsp3) is 0.133. The third-order valence-corrected chi connectivity index (χ3v) is 3.95. The highest BCUT2D eigenvalue weighted by Crippen LogP contribution is 2.25. The highest BCUT2D eigenvalue weighted by atomic mass is 32.1. The van der Waals surface area contributed by atoms with Crippen molar-refractivity contribution in [3.63, 3.8) is 0 Å². The number of carbonyl (C=O) groups excluding carboxylic acids is 2. The normalized spacial score (nSPS) is 11.2. The van der Waals surface area contributed by atoms with Crippen LogP contribution in [0.4, 0.5) is 10.7 Å². The van der Waals surface area contributed by atoms with Crippen LogP contribution in [0.5, 0.6) is 0 Å². The molecular formula is C15H11N3O5S. The van der Waals surface area contributed by atoms with E-state index in [9.17, 15) is 19.7 Å². The van der Waals surface area contributed by atoms with Crippen LogP contribution in [0.3, 0.4) is 0 Å². The molecule has 1 heterocycles. The molecule has 9 heteroatoms. The molecule has 24 heavy (non-hydrogen) atoms. The molecule has 0 saturated carbocycles. The molecule has 0 aliphatic rings. The molecule has 2 rings (SSSR count). The third-order valence-electron chi connectivity index (χ3n) is 2.93. The van der Waals surface area contributed by atoms with Crippen LogP contribution in [0, 0.1) is 21.4 Å². The van der Waals surface area contributed by atoms with Crippen LogP contribution >= 0.6 is 11.3 Å². The second-order valence-corrected chi connectivity index (χ2v) is 5.65. The fourth-order valence-corrected chi connectivity index (χ4v) is 2.44. The molecule has 1 atom stereocenters. The van der Waals surface area contributed by atoms with Gasteiger partial charge in [0.25, 0.3) is 5.91 Å². The number of rotatable bonds is 5. The molecule has 0 unspecified atom stereocenters. The van der Waals surface area contributed by atoms with E-state index in [0.29, 0.717) is 17.0 Å². The van der Waals surface area contributed by atoms with E-state index < -0.39 is 22.9 Å². The summed E-state index contributed by atoms with van der Waals surface area (Å²) < 4.78 is 4.99. The first-order valence-electron chi connectivity index (χ1n) is 6.67. The number of carbonyl (C=O) groups is 2. The van der Waals surface area contributed by atoms with E-state index in [1.54, 1.807) is 18.2 Å². The number of hydrogen-bond donors (Lipinski definition) is 1. The minimum Gasteiger partial charge on any atom is -0.448 e. The zero-order valence-electron chi connectivity index (χ0n) is 12.4. The second-order valence-electron chi connectivity index (χ2n) is 4.59. The summed E-state index contributed by atoms with van der Waals surface area (Å²) in [7, 11) is 0. The monoisotopic (exact) mass is 345 g/mol. The van der Waals surface area contributed by atoms with E-state index in [-0.39, 0.29) is 15.4 Å². The molecule has 1 aromatic carbocycles. The van der Waals surface area contributed by atoms with Crippen molar-refractivity contribution in [2.75, 3.05) is 5.32 Å². The summed E-state index contributed by atoms with van der Waals surface area (Å²) in [6.07, 6.45) is -1.13. The molecule has 0 spiro atoms. The fourth-order valence-electron chi connectivity index (χ4n) is 1.73. The van der Waals surface area contributed by atoms with Gasteiger partial charge in [0, 0.05) is 6.07 Å². The van der Waals surface area contributed by atoms with Crippen molar-refractivity contribution in [3.8, 4) is 6.07 Å². The molecule has 122 valence electrons. The average Bonchev–Trinajstić information content (AvgIpc) is 3.05. The molecule has 0 saturated heterocycles. The van der Waals surface area contributed by atoms with Crippen molar-refractivity contribution >= 4 is 33.9 Å². The van der Waals surface area contributed by atoms with E-state index in [0.717, 1.165) is 0 Å². The van der Waals surface area contributed by atoms with Crippen molar-refractivity contribution in [2.24, 2.45) is 0 Å². The van der Waals surface area contributed by atoms with Crippen LogP contribution in [0.1, 0.15) is 22.2 Å². The summed E-state index contributed by atoms with van der Waals surface area (Å²) in [5.41, 5.74) is 0.581. The van der Waals surface area contributed by atoms with Gasteiger partial charge in [-0.2, -0.15) is 5.26 Å². The van der Waals surface area contributed by atoms with Gasteiger partial charge in [0.2, 0.25) is 0 Å². The Hall–Kier alpha value is -3.25. The van der Waals surface area contributed by atoms with Crippen LogP contribution in [0.15, 0.2) is 36.4 Å². The van der Waals surface area contributed by atoms with Gasteiger partial charge in [0.15, 0.2) is 6.10 Å². The lowest BCUT2D eigenvalue weighted by Gasteiger charge is -2.13. The van der Waals surface area contributed by atoms with Crippen molar-refractivity contribution < 1.29 is 19.2 Å². The number of hydrogen-bond acceptors (Lipinski definition) is 7. The molecule has 1 amide bonds. The van der Waals surface area contributed by atoms with Gasteiger partial charge >= 0.3 is 11.0 Å². The number of para-hydroxylation sites is 1. The number of esters is 1. The zero-order chi connectivity index (χ0) is 17.7. The Morgan fingerprint density at radius 1 is 1.33 bits per heavy atom. The first-order chi connectivity index (χ1) is 11.4. The molecule has 1 aromatic heterocycles. The number of amides is 1. The number of nitrogens with zero attached hydrogens (tertiary/aromatic N) is 2. The molecule has 0 radical (unpaired) electrons. The Balaban J connectivity index is 2.01. The summed E-state index contributed by atoms with van der Waals surface area (Å²) >= 11 is 0.664. The molecule has 0 aliphatic carbocycles. The maximum atomic E-state index is 12.1. The Morgan fingerprint density at radius 3 is 2.67 bits per heavy atom. The largest absolute Gasteiger partial charge is 0.448 e. The van der Waals surface area contributed by atoms with Crippen LogP contribution in [-0.2, 0) is 9.53 Å². The number of ether oxygens (including phenoxy) is 1. The van der Waals surface area contributed by atoms with Crippen LogP contribution in [0.2, 0.25) is 0 Å².